The topological polar surface area (TPSA) is 96.0 Å². The highest BCUT2D eigenvalue weighted by atomic mass is 35.5. The number of methoxy groups -OCH3 is 1. The van der Waals surface area contributed by atoms with Gasteiger partial charge in [0.15, 0.2) is 0 Å². The van der Waals surface area contributed by atoms with Crippen LogP contribution in [0.5, 0.6) is 5.75 Å². The summed E-state index contributed by atoms with van der Waals surface area (Å²) in [4.78, 5) is 28.7. The van der Waals surface area contributed by atoms with Gasteiger partial charge in [-0.25, -0.2) is 8.42 Å². The van der Waals surface area contributed by atoms with Gasteiger partial charge in [0.25, 0.3) is 0 Å². The van der Waals surface area contributed by atoms with Crippen molar-refractivity contribution in [1.82, 2.24) is 14.5 Å². The summed E-state index contributed by atoms with van der Waals surface area (Å²) in [6.45, 7) is -0.225. The molecule has 0 radical (unpaired) electrons. The van der Waals surface area contributed by atoms with Gasteiger partial charge in [0.1, 0.15) is 11.8 Å². The second kappa shape index (κ2) is 13.8. The number of halogens is 2. The maximum absolute atomic E-state index is 13.7. The third kappa shape index (κ3) is 8.96. The number of hydrogen-bond donors (Lipinski definition) is 1. The molecule has 0 bridgehead atoms. The van der Waals surface area contributed by atoms with E-state index in [0.29, 0.717) is 21.4 Å². The van der Waals surface area contributed by atoms with Crippen LogP contribution in [0.4, 0.5) is 0 Å². The predicted molar refractivity (Wildman–Crippen MR) is 153 cm³/mol. The highest BCUT2D eigenvalue weighted by Gasteiger charge is 2.32. The first-order valence-corrected chi connectivity index (χ1v) is 14.7. The minimum atomic E-state index is -3.63. The lowest BCUT2D eigenvalue weighted by molar-refractivity contribution is -0.141. The lowest BCUT2D eigenvalue weighted by Gasteiger charge is -2.32. The summed E-state index contributed by atoms with van der Waals surface area (Å²) in [7, 11) is -0.748. The average molecular weight is 593 g/mol. The molecule has 0 aliphatic carbocycles. The standard InChI is InChI=1S/C28H31Cl2N3O5S/c1-32(39(3,36)37)19-27(34)33(18-21-9-13-24(38-2)14-10-21)26(15-20-7-5-4-6-8-20)28(35)31-17-22-11-12-23(29)16-25(22)30/h4-14,16,26H,15,17-19H2,1-3H3,(H,31,35)/t26-/m1/s1. The average Bonchev–Trinajstić information content (AvgIpc) is 2.90. The van der Waals surface area contributed by atoms with Gasteiger partial charge in [-0.2, -0.15) is 4.31 Å². The van der Waals surface area contributed by atoms with Crippen LogP contribution in [0.15, 0.2) is 72.8 Å². The van der Waals surface area contributed by atoms with Crippen molar-refractivity contribution in [3.8, 4) is 5.75 Å². The van der Waals surface area contributed by atoms with Crippen molar-refractivity contribution in [2.45, 2.75) is 25.6 Å². The van der Waals surface area contributed by atoms with Gasteiger partial charge in [-0.05, 0) is 41.0 Å². The van der Waals surface area contributed by atoms with Gasteiger partial charge in [-0.3, -0.25) is 9.59 Å². The Morgan fingerprint density at radius 1 is 0.974 bits per heavy atom. The molecular weight excluding hydrogens is 561 g/mol. The number of carbonyl (C=O) groups excluding carboxylic acids is 2. The van der Waals surface area contributed by atoms with Crippen molar-refractivity contribution in [2.75, 3.05) is 27.0 Å². The summed E-state index contributed by atoms with van der Waals surface area (Å²) in [6, 6.07) is 20.5. The number of nitrogens with one attached hydrogen (secondary N) is 1. The molecule has 3 aromatic rings. The number of likely N-dealkylation sites (N-methyl/N-ethyl adjacent to an activating group) is 1. The smallest absolute Gasteiger partial charge is 0.243 e. The fourth-order valence-electron chi connectivity index (χ4n) is 3.85. The maximum atomic E-state index is 13.7. The lowest BCUT2D eigenvalue weighted by Crippen LogP contribution is -2.52. The van der Waals surface area contributed by atoms with Crippen LogP contribution < -0.4 is 10.1 Å². The SMILES string of the molecule is COc1ccc(CN(C(=O)CN(C)S(C)(=O)=O)[C@H](Cc2ccccc2)C(=O)NCc2ccc(Cl)cc2Cl)cc1. The molecule has 1 N–H and O–H groups in total. The number of carbonyl (C=O) groups is 2. The van der Waals surface area contributed by atoms with Gasteiger partial charge in [-0.1, -0.05) is 71.7 Å². The first kappa shape index (κ1) is 30.4. The number of rotatable bonds is 12. The van der Waals surface area contributed by atoms with E-state index in [0.717, 1.165) is 21.7 Å². The van der Waals surface area contributed by atoms with E-state index in [1.165, 1.54) is 11.9 Å². The zero-order chi connectivity index (χ0) is 28.6. The molecule has 0 saturated carbocycles. The van der Waals surface area contributed by atoms with Gasteiger partial charge in [0, 0.05) is 36.6 Å². The quantitative estimate of drug-likeness (QED) is 0.341. The highest BCUT2D eigenvalue weighted by Crippen LogP contribution is 2.22. The summed E-state index contributed by atoms with van der Waals surface area (Å²) >= 11 is 12.3. The molecule has 0 spiro atoms. The summed E-state index contributed by atoms with van der Waals surface area (Å²) in [5, 5.41) is 3.77. The summed E-state index contributed by atoms with van der Waals surface area (Å²) in [6.07, 6.45) is 1.24. The van der Waals surface area contributed by atoms with E-state index < -0.39 is 34.4 Å². The molecule has 3 aromatic carbocycles. The van der Waals surface area contributed by atoms with Crippen LogP contribution >= 0.6 is 23.2 Å². The van der Waals surface area contributed by atoms with E-state index in [-0.39, 0.29) is 19.5 Å². The minimum Gasteiger partial charge on any atom is -0.497 e. The van der Waals surface area contributed by atoms with Gasteiger partial charge >= 0.3 is 0 Å². The van der Waals surface area contributed by atoms with Crippen LogP contribution in [-0.4, -0.2) is 62.4 Å². The van der Waals surface area contributed by atoms with Crippen molar-refractivity contribution >= 4 is 45.0 Å². The van der Waals surface area contributed by atoms with Gasteiger partial charge in [0.2, 0.25) is 21.8 Å². The van der Waals surface area contributed by atoms with Crippen LogP contribution in [-0.2, 0) is 39.1 Å². The van der Waals surface area contributed by atoms with Crippen LogP contribution in [0.2, 0.25) is 10.0 Å². The first-order chi connectivity index (χ1) is 18.5. The Morgan fingerprint density at radius 3 is 2.23 bits per heavy atom. The molecule has 8 nitrogen and oxygen atoms in total. The first-order valence-electron chi connectivity index (χ1n) is 12.1. The van der Waals surface area contributed by atoms with E-state index in [4.69, 9.17) is 27.9 Å². The summed E-state index contributed by atoms with van der Waals surface area (Å²) < 4.78 is 30.3. The number of nitrogens with zero attached hydrogens (tertiary/aromatic N) is 2. The predicted octanol–water partition coefficient (Wildman–Crippen LogP) is 4.15. The second-order valence-corrected chi connectivity index (χ2v) is 12.0. The Hall–Kier alpha value is -3.11. The highest BCUT2D eigenvalue weighted by molar-refractivity contribution is 7.88. The molecule has 2 amide bonds. The fraction of sp³-hybridized carbons (Fsp3) is 0.286. The summed E-state index contributed by atoms with van der Waals surface area (Å²) in [5.41, 5.74) is 2.25. The zero-order valence-electron chi connectivity index (χ0n) is 21.9. The molecule has 3 rings (SSSR count). The number of ether oxygens (including phenoxy) is 1. The fourth-order valence-corrected chi connectivity index (χ4v) is 4.67. The molecule has 0 unspecified atom stereocenters. The van der Waals surface area contributed by atoms with E-state index in [2.05, 4.69) is 5.32 Å². The minimum absolute atomic E-state index is 0.0764. The lowest BCUT2D eigenvalue weighted by atomic mass is 10.0. The van der Waals surface area contributed by atoms with Crippen molar-refractivity contribution in [3.05, 3.63) is 99.5 Å². The van der Waals surface area contributed by atoms with Gasteiger partial charge in [-0.15, -0.1) is 0 Å². The Morgan fingerprint density at radius 2 is 1.64 bits per heavy atom. The maximum Gasteiger partial charge on any atom is 0.243 e. The van der Waals surface area contributed by atoms with Crippen LogP contribution in [0.3, 0.4) is 0 Å². The number of amides is 2. The number of benzene rings is 3. The van der Waals surface area contributed by atoms with Crippen LogP contribution in [0, 0.1) is 0 Å². The molecule has 0 aliphatic rings. The van der Waals surface area contributed by atoms with Crippen molar-refractivity contribution < 1.29 is 22.7 Å². The Bertz CT molecular complexity index is 1390. The molecule has 1 atom stereocenters. The van der Waals surface area contributed by atoms with Gasteiger partial charge < -0.3 is 15.0 Å². The second-order valence-electron chi connectivity index (χ2n) is 9.05. The van der Waals surface area contributed by atoms with Crippen molar-refractivity contribution in [3.63, 3.8) is 0 Å². The monoisotopic (exact) mass is 591 g/mol. The number of hydrogen-bond acceptors (Lipinski definition) is 5. The zero-order valence-corrected chi connectivity index (χ0v) is 24.3. The molecule has 39 heavy (non-hydrogen) atoms. The van der Waals surface area contributed by atoms with E-state index in [1.807, 2.05) is 30.3 Å². The number of sulfonamides is 1. The normalized spacial score (nSPS) is 12.2. The van der Waals surface area contributed by atoms with Crippen molar-refractivity contribution in [1.29, 1.82) is 0 Å². The summed E-state index contributed by atoms with van der Waals surface area (Å²) in [5.74, 6) is -0.278. The molecule has 0 aliphatic heterocycles. The largest absolute Gasteiger partial charge is 0.497 e. The molecule has 0 saturated heterocycles. The molecule has 11 heteroatoms. The molecular formula is C28H31Cl2N3O5S. The van der Waals surface area contributed by atoms with Crippen molar-refractivity contribution in [2.24, 2.45) is 0 Å². The molecule has 208 valence electrons. The molecule has 0 heterocycles. The van der Waals surface area contributed by atoms with E-state index >= 15 is 0 Å². The van der Waals surface area contributed by atoms with Crippen LogP contribution in [0.1, 0.15) is 16.7 Å². The molecule has 0 fully saturated rings. The Kier molecular flexibility index (Phi) is 10.8. The van der Waals surface area contributed by atoms with Gasteiger partial charge in [0.05, 0.1) is 19.9 Å². The Labute approximate surface area is 239 Å². The van der Waals surface area contributed by atoms with E-state index in [9.17, 15) is 18.0 Å². The van der Waals surface area contributed by atoms with Crippen LogP contribution in [0.25, 0.3) is 0 Å². The Balaban J connectivity index is 1.96. The van der Waals surface area contributed by atoms with E-state index in [1.54, 1.807) is 49.6 Å². The third-order valence-corrected chi connectivity index (χ3v) is 8.02. The molecule has 0 aromatic heterocycles. The third-order valence-electron chi connectivity index (χ3n) is 6.18.